The lowest BCUT2D eigenvalue weighted by Gasteiger charge is -2.32. The lowest BCUT2D eigenvalue weighted by atomic mass is 9.83. The quantitative estimate of drug-likeness (QED) is 0.868. The highest BCUT2D eigenvalue weighted by Crippen LogP contribution is 2.36. The maximum Gasteiger partial charge on any atom is 0.157 e. The van der Waals surface area contributed by atoms with Gasteiger partial charge >= 0.3 is 0 Å². The number of aryl methyl sites for hydroxylation is 3. The highest BCUT2D eigenvalue weighted by Gasteiger charge is 2.37. The van der Waals surface area contributed by atoms with Gasteiger partial charge < -0.3 is 5.32 Å². The van der Waals surface area contributed by atoms with E-state index in [-0.39, 0.29) is 0 Å². The molecule has 1 aliphatic carbocycles. The molecule has 0 amide bonds. The molecule has 0 aromatic carbocycles. The molecule has 1 aromatic rings. The van der Waals surface area contributed by atoms with E-state index in [0.29, 0.717) is 5.54 Å². The van der Waals surface area contributed by atoms with Gasteiger partial charge in [0.05, 0.1) is 5.69 Å². The Bertz CT molecular complexity index is 514. The number of amidine groups is 1. The minimum atomic E-state index is 0.372. The molecule has 2 heterocycles. The lowest BCUT2D eigenvalue weighted by Crippen LogP contribution is -2.45. The normalized spacial score (nSPS) is 22.9. The standard InChI is InChI=1S/C16H26N4S/c1-13-11-14(2)20(19-13)10-6-9-17-15-18-16(12-21-15)7-4-3-5-8-16/h11H,3-10,12H2,1-2H3,(H,17,18). The summed E-state index contributed by atoms with van der Waals surface area (Å²) in [7, 11) is 0. The van der Waals surface area contributed by atoms with Crippen molar-refractivity contribution in [3.63, 3.8) is 0 Å². The highest BCUT2D eigenvalue weighted by atomic mass is 32.2. The second kappa shape index (κ2) is 6.42. The molecule has 1 aromatic heterocycles. The Labute approximate surface area is 131 Å². The molecule has 0 radical (unpaired) electrons. The van der Waals surface area contributed by atoms with Gasteiger partial charge in [-0.25, -0.2) is 0 Å². The molecule has 1 N–H and O–H groups in total. The highest BCUT2D eigenvalue weighted by molar-refractivity contribution is 8.14. The number of aliphatic imine (C=N–C) groups is 1. The zero-order valence-electron chi connectivity index (χ0n) is 13.2. The summed E-state index contributed by atoms with van der Waals surface area (Å²) < 4.78 is 2.09. The second-order valence-electron chi connectivity index (χ2n) is 6.45. The zero-order valence-corrected chi connectivity index (χ0v) is 14.0. The van der Waals surface area contributed by atoms with Gasteiger partial charge in [-0.05, 0) is 39.2 Å². The van der Waals surface area contributed by atoms with Crippen LogP contribution in [0.5, 0.6) is 0 Å². The number of aromatic nitrogens is 2. The van der Waals surface area contributed by atoms with Gasteiger partial charge in [0.25, 0.3) is 0 Å². The van der Waals surface area contributed by atoms with Crippen molar-refractivity contribution >= 4 is 16.9 Å². The van der Waals surface area contributed by atoms with Crippen LogP contribution in [0.3, 0.4) is 0 Å². The molecule has 2 fully saturated rings. The van der Waals surface area contributed by atoms with Crippen molar-refractivity contribution in [3.05, 3.63) is 17.5 Å². The van der Waals surface area contributed by atoms with E-state index in [4.69, 9.17) is 4.99 Å². The van der Waals surface area contributed by atoms with Crippen LogP contribution in [-0.2, 0) is 6.54 Å². The van der Waals surface area contributed by atoms with Crippen molar-refractivity contribution in [2.75, 3.05) is 12.3 Å². The molecule has 1 spiro atoms. The molecule has 0 unspecified atom stereocenters. The van der Waals surface area contributed by atoms with E-state index in [1.54, 1.807) is 0 Å². The van der Waals surface area contributed by atoms with Crippen molar-refractivity contribution in [2.45, 2.75) is 64.5 Å². The fourth-order valence-corrected chi connectivity index (χ4v) is 4.64. The average Bonchev–Trinajstić information content (AvgIpc) is 3.00. The largest absolute Gasteiger partial charge is 0.359 e. The van der Waals surface area contributed by atoms with Gasteiger partial charge in [-0.15, -0.1) is 0 Å². The van der Waals surface area contributed by atoms with Crippen molar-refractivity contribution in [2.24, 2.45) is 4.99 Å². The fraction of sp³-hybridized carbons (Fsp3) is 0.750. The Kier molecular flexibility index (Phi) is 4.57. The summed E-state index contributed by atoms with van der Waals surface area (Å²) in [6, 6.07) is 2.13. The topological polar surface area (TPSA) is 42.2 Å². The van der Waals surface area contributed by atoms with Crippen molar-refractivity contribution in [3.8, 4) is 0 Å². The minimum Gasteiger partial charge on any atom is -0.359 e. The fourth-order valence-electron chi connectivity index (χ4n) is 3.39. The van der Waals surface area contributed by atoms with Crippen LogP contribution in [0.15, 0.2) is 11.1 Å². The number of hydrogen-bond donors (Lipinski definition) is 1. The van der Waals surface area contributed by atoms with Crippen LogP contribution in [0.2, 0.25) is 0 Å². The van der Waals surface area contributed by atoms with Crippen molar-refractivity contribution < 1.29 is 0 Å². The minimum absolute atomic E-state index is 0.372. The van der Waals surface area contributed by atoms with Gasteiger partial charge in [0.1, 0.15) is 0 Å². The summed E-state index contributed by atoms with van der Waals surface area (Å²) in [5, 5.41) is 9.38. The molecule has 21 heavy (non-hydrogen) atoms. The molecule has 2 aliphatic rings. The summed E-state index contributed by atoms with van der Waals surface area (Å²) in [6.45, 7) is 6.02. The molecule has 0 bridgehead atoms. The van der Waals surface area contributed by atoms with E-state index in [1.807, 2.05) is 18.7 Å². The first-order chi connectivity index (χ1) is 10.2. The summed E-state index contributed by atoms with van der Waals surface area (Å²) in [5.74, 6) is 1.21. The molecule has 116 valence electrons. The Morgan fingerprint density at radius 3 is 2.86 bits per heavy atom. The van der Waals surface area contributed by atoms with Crippen LogP contribution in [0, 0.1) is 13.8 Å². The molecule has 1 saturated carbocycles. The number of nitrogens with zero attached hydrogens (tertiary/aromatic N) is 3. The predicted molar refractivity (Wildman–Crippen MR) is 90.0 cm³/mol. The molecule has 0 atom stereocenters. The maximum absolute atomic E-state index is 4.75. The zero-order chi connectivity index (χ0) is 14.7. The number of thioether (sulfide) groups is 1. The van der Waals surface area contributed by atoms with Gasteiger partial charge in [0.15, 0.2) is 5.17 Å². The van der Waals surface area contributed by atoms with E-state index >= 15 is 0 Å². The smallest absolute Gasteiger partial charge is 0.157 e. The molecule has 3 rings (SSSR count). The first-order valence-corrected chi connectivity index (χ1v) is 9.12. The van der Waals surface area contributed by atoms with Crippen LogP contribution in [0.1, 0.15) is 49.9 Å². The average molecular weight is 306 g/mol. The Morgan fingerprint density at radius 1 is 1.33 bits per heavy atom. The summed E-state index contributed by atoms with van der Waals surface area (Å²) in [5.41, 5.74) is 2.72. The Morgan fingerprint density at radius 2 is 2.14 bits per heavy atom. The van der Waals surface area contributed by atoms with Gasteiger partial charge in [0, 0.05) is 30.1 Å². The van der Waals surface area contributed by atoms with E-state index in [0.717, 1.165) is 25.2 Å². The second-order valence-corrected chi connectivity index (χ2v) is 7.41. The van der Waals surface area contributed by atoms with Gasteiger partial charge in [-0.3, -0.25) is 9.67 Å². The van der Waals surface area contributed by atoms with Crippen LogP contribution < -0.4 is 5.32 Å². The molecule has 5 heteroatoms. The van der Waals surface area contributed by atoms with Crippen LogP contribution in [0.4, 0.5) is 0 Å². The molecular formula is C16H26N4S. The Hall–Kier alpha value is -0.970. The Balaban J connectivity index is 1.45. The third-order valence-electron chi connectivity index (χ3n) is 4.55. The molecule has 1 saturated heterocycles. The predicted octanol–water partition coefficient (Wildman–Crippen LogP) is 3.29. The van der Waals surface area contributed by atoms with Gasteiger partial charge in [-0.1, -0.05) is 31.0 Å². The molecule has 1 aliphatic heterocycles. The first kappa shape index (κ1) is 14.9. The number of nitrogens with one attached hydrogen (secondary N) is 1. The summed E-state index contributed by atoms with van der Waals surface area (Å²) in [6.07, 6.45) is 7.86. The van der Waals surface area contributed by atoms with Crippen molar-refractivity contribution in [1.29, 1.82) is 0 Å². The van der Waals surface area contributed by atoms with E-state index in [1.165, 1.54) is 48.7 Å². The monoisotopic (exact) mass is 306 g/mol. The van der Waals surface area contributed by atoms with E-state index < -0.39 is 0 Å². The summed E-state index contributed by atoms with van der Waals surface area (Å²) >= 11 is 1.92. The number of rotatable bonds is 4. The van der Waals surface area contributed by atoms with Crippen LogP contribution >= 0.6 is 11.8 Å². The third kappa shape index (κ3) is 3.62. The van der Waals surface area contributed by atoms with Crippen molar-refractivity contribution in [1.82, 2.24) is 15.1 Å². The number of hydrogen-bond acceptors (Lipinski definition) is 3. The maximum atomic E-state index is 4.75. The van der Waals surface area contributed by atoms with Gasteiger partial charge in [0.2, 0.25) is 0 Å². The molecule has 4 nitrogen and oxygen atoms in total. The SMILES string of the molecule is Cc1cc(C)n(CCCN=C2NC3(CCCCC3)CS2)n1. The third-order valence-corrected chi connectivity index (χ3v) is 5.76. The lowest BCUT2D eigenvalue weighted by molar-refractivity contribution is 0.303. The van der Waals surface area contributed by atoms with Crippen LogP contribution in [0.25, 0.3) is 0 Å². The van der Waals surface area contributed by atoms with E-state index in [2.05, 4.69) is 28.1 Å². The first-order valence-electron chi connectivity index (χ1n) is 8.13. The van der Waals surface area contributed by atoms with Gasteiger partial charge in [-0.2, -0.15) is 5.10 Å². The summed E-state index contributed by atoms with van der Waals surface area (Å²) in [4.78, 5) is 4.75. The molecular weight excluding hydrogens is 280 g/mol. The van der Waals surface area contributed by atoms with E-state index in [9.17, 15) is 0 Å². The van der Waals surface area contributed by atoms with Crippen LogP contribution in [-0.4, -0.2) is 32.8 Å².